The molecule has 0 rings (SSSR count). The molecule has 1 amide bonds. The summed E-state index contributed by atoms with van der Waals surface area (Å²) in [7, 11) is 0. The van der Waals surface area contributed by atoms with E-state index in [1.165, 1.54) is 315 Å². The fourth-order valence-corrected chi connectivity index (χ4v) is 10.2. The van der Waals surface area contributed by atoms with Gasteiger partial charge in [0, 0.05) is 6.42 Å². The van der Waals surface area contributed by atoms with Gasteiger partial charge in [-0.2, -0.15) is 0 Å². The maximum absolute atomic E-state index is 12.5. The third-order valence-corrected chi connectivity index (χ3v) is 15.0. The Balaban J connectivity index is 3.38. The summed E-state index contributed by atoms with van der Waals surface area (Å²) in [4.78, 5) is 12.5. The number of unbranched alkanes of at least 4 members (excludes halogenated alkanes) is 50. The van der Waals surface area contributed by atoms with Gasteiger partial charge in [-0.1, -0.05) is 334 Å². The molecule has 0 radical (unpaired) electrons. The Kier molecular flexibility index (Phi) is 58.7. The van der Waals surface area contributed by atoms with Gasteiger partial charge in [-0.15, -0.1) is 0 Å². The molecule has 0 aromatic heterocycles. The Morgan fingerprint density at radius 2 is 0.567 bits per heavy atom. The molecule has 0 saturated carbocycles. The molecule has 0 aromatic carbocycles. The van der Waals surface area contributed by atoms with Gasteiger partial charge in [0.25, 0.3) is 0 Å². The van der Waals surface area contributed by atoms with Gasteiger partial charge in [-0.25, -0.2) is 0 Å². The third kappa shape index (κ3) is 55.9. The van der Waals surface area contributed by atoms with Crippen molar-refractivity contribution >= 4 is 5.91 Å². The van der Waals surface area contributed by atoms with E-state index >= 15 is 0 Å². The molecule has 0 aromatic rings. The minimum absolute atomic E-state index is 0.0220. The van der Waals surface area contributed by atoms with Gasteiger partial charge < -0.3 is 15.5 Å². The maximum atomic E-state index is 12.5. The number of aliphatic hydroxyl groups is 2. The predicted molar refractivity (Wildman–Crippen MR) is 299 cm³/mol. The van der Waals surface area contributed by atoms with Crippen LogP contribution in [0.5, 0.6) is 0 Å². The highest BCUT2D eigenvalue weighted by molar-refractivity contribution is 5.76. The standard InChI is InChI=1S/C63H125NO3/c1-3-5-7-9-11-13-15-17-19-21-23-25-27-28-29-30-31-32-33-34-35-36-37-39-41-43-45-47-49-51-53-55-57-59-63(67)64-61(60-65)62(66)58-56-54-52-50-48-46-44-42-40-38-26-24-22-20-18-16-14-12-10-8-6-4-2/h21,23,61-62,65-66H,3-20,22,24-60H2,1-2H3,(H,64,67)/b23-21-. The zero-order valence-electron chi connectivity index (χ0n) is 46.2. The van der Waals surface area contributed by atoms with E-state index in [1.54, 1.807) is 0 Å². The van der Waals surface area contributed by atoms with Crippen molar-refractivity contribution in [1.29, 1.82) is 0 Å². The average Bonchev–Trinajstić information content (AvgIpc) is 3.33. The maximum Gasteiger partial charge on any atom is 0.220 e. The van der Waals surface area contributed by atoms with Gasteiger partial charge in [-0.3, -0.25) is 4.79 Å². The van der Waals surface area contributed by atoms with Crippen molar-refractivity contribution < 1.29 is 15.0 Å². The van der Waals surface area contributed by atoms with Crippen molar-refractivity contribution in [3.63, 3.8) is 0 Å². The van der Waals surface area contributed by atoms with Gasteiger partial charge in [0.2, 0.25) is 5.91 Å². The SMILES string of the molecule is CCCCCCCCCC/C=C\CCCCCCCCCCCCCCCCCCCCCCCC(=O)NC(CO)C(O)CCCCCCCCCCCCCCCCCCCCCCCC. The quantitative estimate of drug-likeness (QED) is 0.0420. The highest BCUT2D eigenvalue weighted by Gasteiger charge is 2.20. The van der Waals surface area contributed by atoms with Crippen LogP contribution in [0.15, 0.2) is 12.2 Å². The predicted octanol–water partition coefficient (Wildman–Crippen LogP) is 20.9. The van der Waals surface area contributed by atoms with Crippen molar-refractivity contribution in [3.8, 4) is 0 Å². The second kappa shape index (κ2) is 59.4. The van der Waals surface area contributed by atoms with Gasteiger partial charge in [0.15, 0.2) is 0 Å². The second-order valence-electron chi connectivity index (χ2n) is 21.8. The Bertz CT molecular complexity index is 936. The minimum Gasteiger partial charge on any atom is -0.394 e. The first-order valence-corrected chi connectivity index (χ1v) is 31.4. The number of carbonyl (C=O) groups excluding carboxylic acids is 1. The van der Waals surface area contributed by atoms with Crippen LogP contribution in [0.4, 0.5) is 0 Å². The zero-order valence-corrected chi connectivity index (χ0v) is 46.2. The minimum atomic E-state index is -0.657. The number of aliphatic hydroxyl groups excluding tert-OH is 2. The van der Waals surface area contributed by atoms with Crippen LogP contribution in [0, 0.1) is 0 Å². The van der Waals surface area contributed by atoms with E-state index in [9.17, 15) is 15.0 Å². The molecule has 0 fully saturated rings. The van der Waals surface area contributed by atoms with Crippen LogP contribution in [-0.2, 0) is 4.79 Å². The molecular formula is C63H125NO3. The number of hydrogen-bond acceptors (Lipinski definition) is 3. The normalized spacial score (nSPS) is 12.7. The Labute approximate surface area is 422 Å². The van der Waals surface area contributed by atoms with Crippen LogP contribution in [0.3, 0.4) is 0 Å². The Morgan fingerprint density at radius 3 is 0.821 bits per heavy atom. The van der Waals surface area contributed by atoms with E-state index in [2.05, 4.69) is 31.3 Å². The molecule has 0 saturated heterocycles. The first kappa shape index (κ1) is 66.1. The first-order chi connectivity index (χ1) is 33.2. The molecule has 0 bridgehead atoms. The van der Waals surface area contributed by atoms with E-state index < -0.39 is 12.1 Å². The van der Waals surface area contributed by atoms with E-state index in [4.69, 9.17) is 0 Å². The molecule has 2 atom stereocenters. The first-order valence-electron chi connectivity index (χ1n) is 31.4. The van der Waals surface area contributed by atoms with E-state index in [1.807, 2.05) is 0 Å². The number of nitrogens with one attached hydrogen (secondary N) is 1. The summed E-state index contributed by atoms with van der Waals surface area (Å²) >= 11 is 0. The molecule has 0 aliphatic rings. The second-order valence-corrected chi connectivity index (χ2v) is 21.8. The summed E-state index contributed by atoms with van der Waals surface area (Å²) in [6.45, 7) is 4.40. The average molecular weight is 945 g/mol. The van der Waals surface area contributed by atoms with Gasteiger partial charge in [0.05, 0.1) is 18.8 Å². The van der Waals surface area contributed by atoms with Gasteiger partial charge in [-0.05, 0) is 38.5 Å². The largest absolute Gasteiger partial charge is 0.394 e. The summed E-state index contributed by atoms with van der Waals surface area (Å²) in [5.41, 5.74) is 0. The summed E-state index contributed by atoms with van der Waals surface area (Å²) < 4.78 is 0. The van der Waals surface area contributed by atoms with Crippen molar-refractivity contribution in [1.82, 2.24) is 5.32 Å². The molecular weight excluding hydrogens is 819 g/mol. The van der Waals surface area contributed by atoms with Crippen LogP contribution in [0.25, 0.3) is 0 Å². The van der Waals surface area contributed by atoms with E-state index in [0.717, 1.165) is 25.7 Å². The summed E-state index contributed by atoms with van der Waals surface area (Å²) in [5.74, 6) is -0.0220. The van der Waals surface area contributed by atoms with Crippen molar-refractivity contribution in [2.24, 2.45) is 0 Å². The van der Waals surface area contributed by atoms with Crippen LogP contribution in [-0.4, -0.2) is 34.9 Å². The van der Waals surface area contributed by atoms with Crippen molar-refractivity contribution in [2.45, 2.75) is 379 Å². The highest BCUT2D eigenvalue weighted by Crippen LogP contribution is 2.19. The number of allylic oxidation sites excluding steroid dienone is 2. The van der Waals surface area contributed by atoms with E-state index in [0.29, 0.717) is 12.8 Å². The molecule has 2 unspecified atom stereocenters. The lowest BCUT2D eigenvalue weighted by molar-refractivity contribution is -0.123. The number of carbonyl (C=O) groups is 1. The number of amides is 1. The molecule has 0 aliphatic heterocycles. The lowest BCUT2D eigenvalue weighted by atomic mass is 10.0. The molecule has 3 N–H and O–H groups in total. The van der Waals surface area contributed by atoms with Gasteiger partial charge >= 0.3 is 0 Å². The Hall–Kier alpha value is -0.870. The number of hydrogen-bond donors (Lipinski definition) is 3. The van der Waals surface area contributed by atoms with Gasteiger partial charge in [0.1, 0.15) is 0 Å². The number of rotatable bonds is 59. The van der Waals surface area contributed by atoms with Crippen molar-refractivity contribution in [3.05, 3.63) is 12.2 Å². The molecule has 0 aliphatic carbocycles. The zero-order chi connectivity index (χ0) is 48.5. The van der Waals surface area contributed by atoms with Crippen LogP contribution < -0.4 is 5.32 Å². The van der Waals surface area contributed by atoms with Crippen LogP contribution >= 0.6 is 0 Å². The third-order valence-electron chi connectivity index (χ3n) is 15.0. The van der Waals surface area contributed by atoms with Crippen molar-refractivity contribution in [2.75, 3.05) is 6.61 Å². The van der Waals surface area contributed by atoms with Crippen LogP contribution in [0.2, 0.25) is 0 Å². The molecule has 0 spiro atoms. The topological polar surface area (TPSA) is 69.6 Å². The summed E-state index contributed by atoms with van der Waals surface area (Å²) in [6.07, 6.45) is 78.1. The summed E-state index contributed by atoms with van der Waals surface area (Å²) in [5, 5.41) is 23.4. The molecule has 4 nitrogen and oxygen atoms in total. The smallest absolute Gasteiger partial charge is 0.220 e. The fraction of sp³-hybridized carbons (Fsp3) is 0.952. The van der Waals surface area contributed by atoms with Crippen LogP contribution in [0.1, 0.15) is 367 Å². The Morgan fingerprint density at radius 1 is 0.343 bits per heavy atom. The lowest BCUT2D eigenvalue weighted by Gasteiger charge is -2.22. The molecule has 400 valence electrons. The monoisotopic (exact) mass is 944 g/mol. The lowest BCUT2D eigenvalue weighted by Crippen LogP contribution is -2.45. The molecule has 4 heteroatoms. The fourth-order valence-electron chi connectivity index (χ4n) is 10.2. The molecule has 67 heavy (non-hydrogen) atoms. The molecule has 0 heterocycles. The van der Waals surface area contributed by atoms with E-state index in [-0.39, 0.29) is 12.5 Å². The summed E-state index contributed by atoms with van der Waals surface area (Å²) in [6, 6.07) is -0.533. The highest BCUT2D eigenvalue weighted by atomic mass is 16.3.